The number of nitrogens with two attached hydrogens (primary N) is 1. The highest BCUT2D eigenvalue weighted by Gasteiger charge is 2.14. The highest BCUT2D eigenvalue weighted by molar-refractivity contribution is 6.35. The van der Waals surface area contributed by atoms with Gasteiger partial charge in [-0.15, -0.1) is 0 Å². The van der Waals surface area contributed by atoms with Crippen LogP contribution in [0.15, 0.2) is 79.0 Å². The van der Waals surface area contributed by atoms with E-state index in [0.717, 1.165) is 22.5 Å². The number of aryl methyl sites for hydroxylation is 2. The predicted octanol–water partition coefficient (Wildman–Crippen LogP) is 3.22. The maximum Gasteiger partial charge on any atom is 0.241 e. The summed E-state index contributed by atoms with van der Waals surface area (Å²) >= 11 is 0. The molecule has 0 saturated heterocycles. The molecule has 0 aliphatic heterocycles. The molecular weight excluding hydrogens is 447 g/mol. The number of aromatic nitrogens is 2. The Balaban J connectivity index is 1.39. The van der Waals surface area contributed by atoms with Gasteiger partial charge in [-0.2, -0.15) is 4.98 Å². The van der Waals surface area contributed by atoms with E-state index < -0.39 is 6.04 Å². The van der Waals surface area contributed by atoms with E-state index in [1.807, 2.05) is 62.4 Å². The van der Waals surface area contributed by atoms with Crippen molar-refractivity contribution in [2.75, 3.05) is 16.0 Å². The van der Waals surface area contributed by atoms with Crippen molar-refractivity contribution in [3.8, 4) is 0 Å². The molecule has 0 aliphatic rings. The number of benzene rings is 3. The number of hydrogen-bond acceptors (Lipinski definition) is 6. The van der Waals surface area contributed by atoms with Crippen molar-refractivity contribution in [2.24, 2.45) is 5.73 Å². The lowest BCUT2D eigenvalue weighted by Gasteiger charge is -2.14. The van der Waals surface area contributed by atoms with Gasteiger partial charge in [-0.05, 0) is 66.2 Å². The normalized spacial score (nSPS) is 11.5. The molecule has 0 bridgehead atoms. The third kappa shape index (κ3) is 6.70. The monoisotopic (exact) mass is 478 g/mol. The molecule has 0 spiro atoms. The van der Waals surface area contributed by atoms with Gasteiger partial charge in [0.25, 0.3) is 0 Å². The number of rotatable bonds is 9. The molecule has 182 valence electrons. The van der Waals surface area contributed by atoms with Crippen LogP contribution in [0.3, 0.4) is 0 Å². The van der Waals surface area contributed by atoms with Gasteiger partial charge < -0.3 is 21.7 Å². The fourth-order valence-electron chi connectivity index (χ4n) is 3.78. The Labute approximate surface area is 213 Å². The van der Waals surface area contributed by atoms with Gasteiger partial charge in [-0.1, -0.05) is 54.6 Å². The summed E-state index contributed by atoms with van der Waals surface area (Å²) in [5, 5.41) is 9.53. The van der Waals surface area contributed by atoms with Crippen LogP contribution < -0.4 is 27.1 Å². The standard InChI is InChI=1S/C28H31BN6O/c1-18-11-12-21(13-19(18)2)16-31-26-24(29)17-32-28(35-26)34-23-10-6-9-22(15-23)33-27(36)25(30)14-20-7-4-3-5-8-20/h3-13,15,17,25H,14,16,29-30H2,1-2H3,(H,33,36)(H2,31,32,34,35). The van der Waals surface area contributed by atoms with E-state index in [9.17, 15) is 4.79 Å². The van der Waals surface area contributed by atoms with Crippen LogP contribution >= 0.6 is 0 Å². The summed E-state index contributed by atoms with van der Waals surface area (Å²) < 4.78 is 0. The summed E-state index contributed by atoms with van der Waals surface area (Å²) in [5.74, 6) is 0.995. The van der Waals surface area contributed by atoms with Crippen molar-refractivity contribution >= 4 is 42.4 Å². The molecule has 5 N–H and O–H groups in total. The van der Waals surface area contributed by atoms with Crippen LogP contribution in [0, 0.1) is 13.8 Å². The number of carbonyl (C=O) groups excluding carboxylic acids is 1. The molecule has 1 heterocycles. The SMILES string of the molecule is Bc1cnc(Nc2cccc(NC(=O)C(N)Cc3ccccc3)c2)nc1NCc1ccc(C)c(C)c1. The summed E-state index contributed by atoms with van der Waals surface area (Å²) in [4.78, 5) is 21.7. The maximum absolute atomic E-state index is 12.6. The molecule has 3 aromatic carbocycles. The lowest BCUT2D eigenvalue weighted by atomic mass is 9.99. The van der Waals surface area contributed by atoms with Gasteiger partial charge in [0.15, 0.2) is 0 Å². The first-order valence-electron chi connectivity index (χ1n) is 12.0. The predicted molar refractivity (Wildman–Crippen MR) is 150 cm³/mol. The topological polar surface area (TPSA) is 105 Å². The molecule has 0 saturated carbocycles. The Morgan fingerprint density at radius 1 is 0.944 bits per heavy atom. The van der Waals surface area contributed by atoms with E-state index in [1.54, 1.807) is 6.20 Å². The number of anilines is 4. The molecule has 4 aromatic rings. The van der Waals surface area contributed by atoms with Crippen molar-refractivity contribution in [1.82, 2.24) is 9.97 Å². The lowest BCUT2D eigenvalue weighted by molar-refractivity contribution is -0.117. The molecule has 1 atom stereocenters. The van der Waals surface area contributed by atoms with Crippen molar-refractivity contribution in [3.05, 3.63) is 101 Å². The molecule has 7 nitrogen and oxygen atoms in total. The van der Waals surface area contributed by atoms with E-state index in [1.165, 1.54) is 16.7 Å². The Morgan fingerprint density at radius 2 is 1.72 bits per heavy atom. The zero-order valence-electron chi connectivity index (χ0n) is 20.9. The first-order valence-corrected chi connectivity index (χ1v) is 12.0. The van der Waals surface area contributed by atoms with Crippen LogP contribution in [0.2, 0.25) is 0 Å². The van der Waals surface area contributed by atoms with Gasteiger partial charge in [0.05, 0.1) is 6.04 Å². The molecule has 0 aliphatic carbocycles. The van der Waals surface area contributed by atoms with Crippen LogP contribution in [-0.4, -0.2) is 29.8 Å². The number of hydrogen-bond donors (Lipinski definition) is 4. The van der Waals surface area contributed by atoms with Gasteiger partial charge in [-0.3, -0.25) is 4.79 Å². The van der Waals surface area contributed by atoms with Gasteiger partial charge in [0.1, 0.15) is 13.7 Å². The second kappa shape index (κ2) is 11.5. The van der Waals surface area contributed by atoms with E-state index >= 15 is 0 Å². The number of nitrogens with zero attached hydrogens (tertiary/aromatic N) is 2. The minimum Gasteiger partial charge on any atom is -0.366 e. The Bertz CT molecular complexity index is 1350. The zero-order chi connectivity index (χ0) is 25.5. The largest absolute Gasteiger partial charge is 0.366 e. The van der Waals surface area contributed by atoms with Crippen LogP contribution in [0.4, 0.5) is 23.1 Å². The third-order valence-electron chi connectivity index (χ3n) is 6.02. The maximum atomic E-state index is 12.6. The number of amides is 1. The smallest absolute Gasteiger partial charge is 0.241 e. The summed E-state index contributed by atoms with van der Waals surface area (Å²) in [5.41, 5.74) is 13.2. The van der Waals surface area contributed by atoms with Gasteiger partial charge in [0.2, 0.25) is 11.9 Å². The first kappa shape index (κ1) is 24.9. The van der Waals surface area contributed by atoms with Crippen LogP contribution in [0.5, 0.6) is 0 Å². The minimum absolute atomic E-state index is 0.236. The van der Waals surface area contributed by atoms with E-state index in [0.29, 0.717) is 24.6 Å². The molecule has 0 fully saturated rings. The molecule has 0 radical (unpaired) electrons. The molecule has 36 heavy (non-hydrogen) atoms. The number of nitrogens with one attached hydrogen (secondary N) is 3. The highest BCUT2D eigenvalue weighted by atomic mass is 16.2. The molecule has 1 aromatic heterocycles. The van der Waals surface area contributed by atoms with E-state index in [2.05, 4.69) is 58.0 Å². The fourth-order valence-corrected chi connectivity index (χ4v) is 3.78. The molecule has 1 amide bonds. The zero-order valence-corrected chi connectivity index (χ0v) is 20.9. The molecular formula is C28H31BN6O. The van der Waals surface area contributed by atoms with E-state index in [-0.39, 0.29) is 5.91 Å². The van der Waals surface area contributed by atoms with Gasteiger partial charge >= 0.3 is 0 Å². The second-order valence-electron chi connectivity index (χ2n) is 8.99. The summed E-state index contributed by atoms with van der Waals surface area (Å²) in [7, 11) is 1.97. The fraction of sp³-hybridized carbons (Fsp3) is 0.179. The minimum atomic E-state index is -0.643. The molecule has 1 unspecified atom stereocenters. The Hall–Kier alpha value is -4.17. The first-order chi connectivity index (χ1) is 17.4. The quantitative estimate of drug-likeness (QED) is 0.276. The average molecular weight is 478 g/mol. The van der Waals surface area contributed by atoms with Crippen molar-refractivity contribution in [3.63, 3.8) is 0 Å². The van der Waals surface area contributed by atoms with E-state index in [4.69, 9.17) is 5.73 Å². The average Bonchev–Trinajstić information content (AvgIpc) is 2.87. The Morgan fingerprint density at radius 3 is 2.50 bits per heavy atom. The van der Waals surface area contributed by atoms with Crippen molar-refractivity contribution < 1.29 is 4.79 Å². The van der Waals surface area contributed by atoms with Crippen molar-refractivity contribution in [2.45, 2.75) is 32.9 Å². The third-order valence-corrected chi connectivity index (χ3v) is 6.02. The van der Waals surface area contributed by atoms with Gasteiger partial charge in [-0.25, -0.2) is 4.98 Å². The van der Waals surface area contributed by atoms with Crippen LogP contribution in [0.25, 0.3) is 0 Å². The second-order valence-corrected chi connectivity index (χ2v) is 8.99. The molecule has 8 heteroatoms. The number of carbonyl (C=O) groups is 1. The lowest BCUT2D eigenvalue weighted by Crippen LogP contribution is -2.37. The summed E-state index contributed by atoms with van der Waals surface area (Å²) in [6.07, 6.45) is 2.26. The van der Waals surface area contributed by atoms with Crippen molar-refractivity contribution in [1.29, 1.82) is 0 Å². The highest BCUT2D eigenvalue weighted by Crippen LogP contribution is 2.19. The molecule has 4 rings (SSSR count). The Kier molecular flexibility index (Phi) is 7.97. The van der Waals surface area contributed by atoms with Crippen LogP contribution in [0.1, 0.15) is 22.3 Å². The van der Waals surface area contributed by atoms with Crippen LogP contribution in [-0.2, 0) is 17.8 Å². The summed E-state index contributed by atoms with van der Waals surface area (Å²) in [6, 6.07) is 22.9. The van der Waals surface area contributed by atoms with Gasteiger partial charge in [0, 0.05) is 24.1 Å². The summed E-state index contributed by atoms with van der Waals surface area (Å²) in [6.45, 7) is 4.89.